The topological polar surface area (TPSA) is 69.7 Å². The van der Waals surface area contributed by atoms with Gasteiger partial charge in [-0.3, -0.25) is 4.79 Å². The Bertz CT molecular complexity index is 829. The van der Waals surface area contributed by atoms with Crippen molar-refractivity contribution in [2.75, 3.05) is 7.11 Å². The van der Waals surface area contributed by atoms with Gasteiger partial charge in [0.2, 0.25) is 0 Å². The van der Waals surface area contributed by atoms with Crippen molar-refractivity contribution in [3.63, 3.8) is 0 Å². The smallest absolute Gasteiger partial charge is 0.339 e. The van der Waals surface area contributed by atoms with Crippen LogP contribution in [0.2, 0.25) is 0 Å². The maximum absolute atomic E-state index is 12.4. The van der Waals surface area contributed by atoms with Crippen LogP contribution in [0.5, 0.6) is 5.75 Å². The van der Waals surface area contributed by atoms with E-state index in [0.29, 0.717) is 5.56 Å². The summed E-state index contributed by atoms with van der Waals surface area (Å²) in [6.07, 6.45) is 0.123. The van der Waals surface area contributed by atoms with Crippen molar-refractivity contribution in [2.45, 2.75) is 37.5 Å². The van der Waals surface area contributed by atoms with E-state index >= 15 is 0 Å². The molecule has 0 aliphatic carbocycles. The third-order valence-electron chi connectivity index (χ3n) is 3.71. The predicted octanol–water partition coefficient (Wildman–Crippen LogP) is 3.47. The highest BCUT2D eigenvalue weighted by atomic mass is 32.2. The molecule has 2 rings (SSSR count). The Balaban J connectivity index is 2.14. The summed E-state index contributed by atoms with van der Waals surface area (Å²) < 4.78 is 34.5. The minimum absolute atomic E-state index is 0.0569. The van der Waals surface area contributed by atoms with Gasteiger partial charge < -0.3 is 8.92 Å². The molecule has 0 bridgehead atoms. The standard InChI is InChI=1S/C19H22O5S/c1-19(2,3)15-7-11-17(12-8-15)25(21,22)24-16-9-5-14(6-10-16)13-18(20)23-4/h5-12H,13H2,1-4H3. The fourth-order valence-corrected chi connectivity index (χ4v) is 3.13. The van der Waals surface area contributed by atoms with Crippen molar-refractivity contribution in [1.29, 1.82) is 0 Å². The molecule has 6 heteroatoms. The van der Waals surface area contributed by atoms with Gasteiger partial charge in [-0.2, -0.15) is 8.42 Å². The van der Waals surface area contributed by atoms with E-state index < -0.39 is 10.1 Å². The molecule has 2 aromatic rings. The van der Waals surface area contributed by atoms with Crippen LogP contribution in [-0.2, 0) is 31.5 Å². The van der Waals surface area contributed by atoms with Crippen molar-refractivity contribution in [1.82, 2.24) is 0 Å². The lowest BCUT2D eigenvalue weighted by atomic mass is 9.87. The highest BCUT2D eigenvalue weighted by Crippen LogP contribution is 2.25. The lowest BCUT2D eigenvalue weighted by Gasteiger charge is -2.19. The lowest BCUT2D eigenvalue weighted by Crippen LogP contribution is -2.13. The maximum atomic E-state index is 12.4. The molecule has 0 unspecified atom stereocenters. The van der Waals surface area contributed by atoms with Crippen LogP contribution >= 0.6 is 0 Å². The Labute approximate surface area is 148 Å². The molecule has 2 aromatic carbocycles. The molecule has 134 valence electrons. The van der Waals surface area contributed by atoms with Crippen LogP contribution < -0.4 is 4.18 Å². The van der Waals surface area contributed by atoms with Gasteiger partial charge in [0.15, 0.2) is 0 Å². The number of carbonyl (C=O) groups is 1. The van der Waals surface area contributed by atoms with Crippen molar-refractivity contribution in [3.05, 3.63) is 59.7 Å². The maximum Gasteiger partial charge on any atom is 0.339 e. The molecule has 0 atom stereocenters. The largest absolute Gasteiger partial charge is 0.469 e. The van der Waals surface area contributed by atoms with Crippen LogP contribution in [0, 0.1) is 0 Å². The number of hydrogen-bond acceptors (Lipinski definition) is 5. The lowest BCUT2D eigenvalue weighted by molar-refractivity contribution is -0.139. The van der Waals surface area contributed by atoms with Crippen LogP contribution in [0.3, 0.4) is 0 Å². The molecule has 0 aliphatic rings. The molecule has 0 aliphatic heterocycles. The van der Waals surface area contributed by atoms with Crippen LogP contribution in [0.25, 0.3) is 0 Å². The fourth-order valence-electron chi connectivity index (χ4n) is 2.20. The number of rotatable bonds is 5. The van der Waals surface area contributed by atoms with Crippen LogP contribution in [0.4, 0.5) is 0 Å². The molecular weight excluding hydrogens is 340 g/mol. The number of carbonyl (C=O) groups excluding carboxylic acids is 1. The molecule has 0 fully saturated rings. The predicted molar refractivity (Wildman–Crippen MR) is 95.1 cm³/mol. The van der Waals surface area contributed by atoms with E-state index in [-0.39, 0.29) is 28.5 Å². The van der Waals surface area contributed by atoms with Gasteiger partial charge in [-0.1, -0.05) is 45.0 Å². The minimum Gasteiger partial charge on any atom is -0.469 e. The van der Waals surface area contributed by atoms with Gasteiger partial charge in [0.05, 0.1) is 13.5 Å². The first-order chi connectivity index (χ1) is 11.6. The SMILES string of the molecule is COC(=O)Cc1ccc(OS(=O)(=O)c2ccc(C(C)(C)C)cc2)cc1. The second-order valence-electron chi connectivity index (χ2n) is 6.71. The normalized spacial score (nSPS) is 11.8. The van der Waals surface area contributed by atoms with Crippen molar-refractivity contribution in [3.8, 4) is 5.75 Å². The van der Waals surface area contributed by atoms with E-state index in [9.17, 15) is 13.2 Å². The van der Waals surface area contributed by atoms with Gasteiger partial charge in [-0.15, -0.1) is 0 Å². The summed E-state index contributed by atoms with van der Waals surface area (Å²) in [7, 11) is -2.59. The van der Waals surface area contributed by atoms with Gasteiger partial charge in [0.1, 0.15) is 10.6 Å². The van der Waals surface area contributed by atoms with E-state index in [0.717, 1.165) is 5.56 Å². The second-order valence-corrected chi connectivity index (χ2v) is 8.26. The molecule has 25 heavy (non-hydrogen) atoms. The number of benzene rings is 2. The average molecular weight is 362 g/mol. The quantitative estimate of drug-likeness (QED) is 0.602. The van der Waals surface area contributed by atoms with Gasteiger partial charge in [0.25, 0.3) is 0 Å². The molecule has 0 aromatic heterocycles. The van der Waals surface area contributed by atoms with Crippen LogP contribution in [-0.4, -0.2) is 21.5 Å². The van der Waals surface area contributed by atoms with E-state index in [1.54, 1.807) is 36.4 Å². The van der Waals surface area contributed by atoms with Crippen molar-refractivity contribution in [2.24, 2.45) is 0 Å². The molecule has 5 nitrogen and oxygen atoms in total. The van der Waals surface area contributed by atoms with E-state index in [2.05, 4.69) is 25.5 Å². The first-order valence-corrected chi connectivity index (χ1v) is 9.23. The highest BCUT2D eigenvalue weighted by Gasteiger charge is 2.19. The average Bonchev–Trinajstić information content (AvgIpc) is 2.55. The summed E-state index contributed by atoms with van der Waals surface area (Å²) in [4.78, 5) is 11.3. The first-order valence-electron chi connectivity index (χ1n) is 7.82. The summed E-state index contributed by atoms with van der Waals surface area (Å²) in [6, 6.07) is 12.9. The zero-order chi connectivity index (χ0) is 18.7. The van der Waals surface area contributed by atoms with Crippen LogP contribution in [0.15, 0.2) is 53.4 Å². The third-order valence-corrected chi connectivity index (χ3v) is 4.98. The molecule has 0 spiro atoms. The van der Waals surface area contributed by atoms with E-state index in [1.165, 1.54) is 19.2 Å². The zero-order valence-corrected chi connectivity index (χ0v) is 15.6. The number of esters is 1. The Morgan fingerprint density at radius 3 is 2.00 bits per heavy atom. The van der Waals surface area contributed by atoms with Gasteiger partial charge in [0, 0.05) is 0 Å². The van der Waals surface area contributed by atoms with E-state index in [4.69, 9.17) is 4.18 Å². The second kappa shape index (κ2) is 7.27. The summed E-state index contributed by atoms with van der Waals surface area (Å²) >= 11 is 0. The number of methoxy groups -OCH3 is 1. The number of ether oxygens (including phenoxy) is 1. The number of hydrogen-bond donors (Lipinski definition) is 0. The molecule has 0 heterocycles. The highest BCUT2D eigenvalue weighted by molar-refractivity contribution is 7.87. The van der Waals surface area contributed by atoms with Crippen LogP contribution in [0.1, 0.15) is 31.9 Å². The Kier molecular flexibility index (Phi) is 5.52. The van der Waals surface area contributed by atoms with E-state index in [1.807, 2.05) is 0 Å². The summed E-state index contributed by atoms with van der Waals surface area (Å²) in [5.74, 6) is -0.172. The monoisotopic (exact) mass is 362 g/mol. The molecule has 0 N–H and O–H groups in total. The Hall–Kier alpha value is -2.34. The summed E-state index contributed by atoms with van der Waals surface area (Å²) in [6.45, 7) is 6.18. The molecule has 0 saturated heterocycles. The van der Waals surface area contributed by atoms with Gasteiger partial charge >= 0.3 is 16.1 Å². The van der Waals surface area contributed by atoms with Gasteiger partial charge in [-0.25, -0.2) is 0 Å². The third kappa shape index (κ3) is 5.06. The molecule has 0 radical (unpaired) electrons. The molecular formula is C19H22O5S. The van der Waals surface area contributed by atoms with Crippen molar-refractivity contribution < 1.29 is 22.1 Å². The summed E-state index contributed by atoms with van der Waals surface area (Å²) in [5.41, 5.74) is 1.70. The minimum atomic E-state index is -3.91. The molecule has 0 amide bonds. The van der Waals surface area contributed by atoms with Crippen molar-refractivity contribution >= 4 is 16.1 Å². The first kappa shape index (κ1) is 19.0. The Morgan fingerprint density at radius 1 is 0.960 bits per heavy atom. The fraction of sp³-hybridized carbons (Fsp3) is 0.316. The summed E-state index contributed by atoms with van der Waals surface area (Å²) in [5, 5.41) is 0. The zero-order valence-electron chi connectivity index (χ0n) is 14.8. The molecule has 0 saturated carbocycles. The van der Waals surface area contributed by atoms with Gasteiger partial charge in [-0.05, 0) is 40.8 Å². The Morgan fingerprint density at radius 2 is 1.52 bits per heavy atom.